The van der Waals surface area contributed by atoms with Gasteiger partial charge in [-0.2, -0.15) is 0 Å². The standard InChI is InChI=1S/C18H24O4/c1-3-5-9-14-10-7-8-11-15(14)18(12-6-4-2)21-16(19)13-17(20)22-18/h7-8,10-11H,3-6,9,12-13H2,1-2H3. The van der Waals surface area contributed by atoms with Gasteiger partial charge < -0.3 is 9.47 Å². The Labute approximate surface area is 131 Å². The summed E-state index contributed by atoms with van der Waals surface area (Å²) in [4.78, 5) is 23.7. The molecule has 1 aromatic carbocycles. The highest BCUT2D eigenvalue weighted by Crippen LogP contribution is 2.38. The van der Waals surface area contributed by atoms with E-state index in [4.69, 9.17) is 9.47 Å². The van der Waals surface area contributed by atoms with Gasteiger partial charge in [0.15, 0.2) is 0 Å². The van der Waals surface area contributed by atoms with Crippen molar-refractivity contribution in [2.24, 2.45) is 0 Å². The molecule has 0 atom stereocenters. The Morgan fingerprint density at radius 1 is 1.00 bits per heavy atom. The molecule has 0 unspecified atom stereocenters. The van der Waals surface area contributed by atoms with E-state index in [9.17, 15) is 9.59 Å². The lowest BCUT2D eigenvalue weighted by Gasteiger charge is -2.37. The highest BCUT2D eigenvalue weighted by atomic mass is 16.7. The number of esters is 2. The van der Waals surface area contributed by atoms with E-state index < -0.39 is 17.7 Å². The number of ether oxygens (including phenoxy) is 2. The Bertz CT molecular complexity index is 520. The summed E-state index contributed by atoms with van der Waals surface area (Å²) >= 11 is 0. The zero-order chi connectivity index (χ0) is 16.0. The predicted molar refractivity (Wildman–Crippen MR) is 83.1 cm³/mol. The molecule has 0 bridgehead atoms. The van der Waals surface area contributed by atoms with E-state index in [2.05, 4.69) is 13.8 Å². The number of carbonyl (C=O) groups excluding carboxylic acids is 2. The third kappa shape index (κ3) is 3.67. The first-order valence-electron chi connectivity index (χ1n) is 8.13. The SMILES string of the molecule is CCCCc1ccccc1C1(CCCC)OC(=O)CC(=O)O1. The van der Waals surface area contributed by atoms with Gasteiger partial charge in [-0.3, -0.25) is 9.59 Å². The van der Waals surface area contributed by atoms with E-state index in [1.807, 2.05) is 24.3 Å². The number of rotatable bonds is 7. The largest absolute Gasteiger partial charge is 0.417 e. The molecule has 0 aromatic heterocycles. The van der Waals surface area contributed by atoms with Gasteiger partial charge in [0.25, 0.3) is 5.79 Å². The van der Waals surface area contributed by atoms with E-state index in [0.29, 0.717) is 6.42 Å². The lowest BCUT2D eigenvalue weighted by molar-refractivity contribution is -0.252. The Balaban J connectivity index is 2.40. The quantitative estimate of drug-likeness (QED) is 0.567. The van der Waals surface area contributed by atoms with Crippen LogP contribution < -0.4 is 0 Å². The van der Waals surface area contributed by atoms with Gasteiger partial charge in [0.1, 0.15) is 6.42 Å². The summed E-state index contributed by atoms with van der Waals surface area (Å²) in [6.07, 6.45) is 4.97. The van der Waals surface area contributed by atoms with Crippen LogP contribution in [0.4, 0.5) is 0 Å². The Morgan fingerprint density at radius 2 is 1.64 bits per heavy atom. The Morgan fingerprint density at radius 3 is 2.27 bits per heavy atom. The van der Waals surface area contributed by atoms with Crippen molar-refractivity contribution in [3.05, 3.63) is 35.4 Å². The fraction of sp³-hybridized carbons (Fsp3) is 0.556. The number of unbranched alkanes of at least 4 members (excludes halogenated alkanes) is 2. The minimum atomic E-state index is -1.24. The number of benzene rings is 1. The van der Waals surface area contributed by atoms with Gasteiger partial charge in [-0.1, -0.05) is 51.0 Å². The molecule has 1 aliphatic heterocycles. The number of hydrogen-bond acceptors (Lipinski definition) is 4. The number of hydrogen-bond donors (Lipinski definition) is 0. The van der Waals surface area contributed by atoms with Gasteiger partial charge in [-0.25, -0.2) is 0 Å². The molecule has 120 valence electrons. The van der Waals surface area contributed by atoms with Gasteiger partial charge in [0.2, 0.25) is 0 Å². The molecule has 1 fully saturated rings. The van der Waals surface area contributed by atoms with Crippen LogP contribution in [0.2, 0.25) is 0 Å². The van der Waals surface area contributed by atoms with Crippen LogP contribution in [0.25, 0.3) is 0 Å². The fourth-order valence-corrected chi connectivity index (χ4v) is 2.81. The van der Waals surface area contributed by atoms with Crippen molar-refractivity contribution in [1.82, 2.24) is 0 Å². The molecule has 1 aromatic rings. The second-order valence-corrected chi connectivity index (χ2v) is 5.74. The molecule has 0 spiro atoms. The van der Waals surface area contributed by atoms with E-state index in [1.165, 1.54) is 0 Å². The first-order valence-corrected chi connectivity index (χ1v) is 8.13. The normalized spacial score (nSPS) is 17.0. The molecule has 0 amide bonds. The minimum absolute atomic E-state index is 0.301. The summed E-state index contributed by atoms with van der Waals surface area (Å²) in [7, 11) is 0. The molecule has 1 aliphatic rings. The van der Waals surface area contributed by atoms with Crippen molar-refractivity contribution < 1.29 is 19.1 Å². The predicted octanol–water partition coefficient (Wildman–Crippen LogP) is 3.86. The molecule has 1 heterocycles. The maximum atomic E-state index is 11.8. The number of aryl methyl sites for hydroxylation is 1. The van der Waals surface area contributed by atoms with Crippen molar-refractivity contribution in [2.45, 2.75) is 64.6 Å². The van der Waals surface area contributed by atoms with Crippen molar-refractivity contribution in [3.8, 4) is 0 Å². The minimum Gasteiger partial charge on any atom is -0.417 e. The Hall–Kier alpha value is -1.84. The van der Waals surface area contributed by atoms with Gasteiger partial charge in [0, 0.05) is 12.0 Å². The van der Waals surface area contributed by atoms with Crippen LogP contribution in [0, 0.1) is 0 Å². The van der Waals surface area contributed by atoms with Crippen LogP contribution in [-0.4, -0.2) is 11.9 Å². The zero-order valence-corrected chi connectivity index (χ0v) is 13.4. The third-order valence-corrected chi connectivity index (χ3v) is 3.93. The third-order valence-electron chi connectivity index (χ3n) is 3.93. The van der Waals surface area contributed by atoms with Crippen molar-refractivity contribution in [2.75, 3.05) is 0 Å². The number of cyclic esters (lactones) is 2. The lowest BCUT2D eigenvalue weighted by Crippen LogP contribution is -2.43. The molecule has 0 N–H and O–H groups in total. The monoisotopic (exact) mass is 304 g/mol. The maximum absolute atomic E-state index is 11.8. The topological polar surface area (TPSA) is 52.6 Å². The second-order valence-electron chi connectivity index (χ2n) is 5.74. The van der Waals surface area contributed by atoms with E-state index in [0.717, 1.165) is 43.2 Å². The molecular weight excluding hydrogens is 280 g/mol. The Kier molecular flexibility index (Phi) is 5.58. The van der Waals surface area contributed by atoms with Gasteiger partial charge in [0.05, 0.1) is 0 Å². The fourth-order valence-electron chi connectivity index (χ4n) is 2.81. The molecule has 1 saturated heterocycles. The average molecular weight is 304 g/mol. The summed E-state index contributed by atoms with van der Waals surface area (Å²) in [5, 5.41) is 0. The van der Waals surface area contributed by atoms with E-state index in [-0.39, 0.29) is 6.42 Å². The van der Waals surface area contributed by atoms with Crippen molar-refractivity contribution in [3.63, 3.8) is 0 Å². The number of carbonyl (C=O) groups is 2. The molecule has 0 aliphatic carbocycles. The van der Waals surface area contributed by atoms with Crippen LogP contribution in [0.3, 0.4) is 0 Å². The summed E-state index contributed by atoms with van der Waals surface area (Å²) in [6.45, 7) is 4.19. The van der Waals surface area contributed by atoms with Crippen LogP contribution in [-0.2, 0) is 31.3 Å². The smallest absolute Gasteiger partial charge is 0.320 e. The van der Waals surface area contributed by atoms with E-state index >= 15 is 0 Å². The summed E-state index contributed by atoms with van der Waals surface area (Å²) in [5.41, 5.74) is 1.90. The molecular formula is C18H24O4. The molecule has 22 heavy (non-hydrogen) atoms. The summed E-state index contributed by atoms with van der Waals surface area (Å²) < 4.78 is 11.1. The first kappa shape index (κ1) is 16.5. The highest BCUT2D eigenvalue weighted by Gasteiger charge is 2.45. The zero-order valence-electron chi connectivity index (χ0n) is 13.4. The van der Waals surface area contributed by atoms with Crippen molar-refractivity contribution in [1.29, 1.82) is 0 Å². The van der Waals surface area contributed by atoms with E-state index in [1.54, 1.807) is 0 Å². The summed E-state index contributed by atoms with van der Waals surface area (Å²) in [6, 6.07) is 7.80. The molecule has 4 nitrogen and oxygen atoms in total. The van der Waals surface area contributed by atoms with Gasteiger partial charge in [-0.15, -0.1) is 0 Å². The molecule has 0 saturated carbocycles. The molecule has 4 heteroatoms. The van der Waals surface area contributed by atoms with Crippen LogP contribution in [0.5, 0.6) is 0 Å². The lowest BCUT2D eigenvalue weighted by atomic mass is 9.91. The maximum Gasteiger partial charge on any atom is 0.320 e. The summed E-state index contributed by atoms with van der Waals surface area (Å²) in [5.74, 6) is -2.25. The van der Waals surface area contributed by atoms with Crippen LogP contribution in [0.15, 0.2) is 24.3 Å². The second kappa shape index (κ2) is 7.43. The van der Waals surface area contributed by atoms with Crippen LogP contribution >= 0.6 is 0 Å². The molecule has 0 radical (unpaired) electrons. The van der Waals surface area contributed by atoms with Crippen molar-refractivity contribution >= 4 is 11.9 Å². The van der Waals surface area contributed by atoms with Crippen LogP contribution in [0.1, 0.15) is 63.5 Å². The first-order chi connectivity index (χ1) is 10.6. The highest BCUT2D eigenvalue weighted by molar-refractivity contribution is 5.93. The average Bonchev–Trinajstić information content (AvgIpc) is 2.50. The van der Waals surface area contributed by atoms with Gasteiger partial charge in [-0.05, 0) is 24.8 Å². The molecule has 2 rings (SSSR count). The van der Waals surface area contributed by atoms with Gasteiger partial charge >= 0.3 is 11.9 Å².